The van der Waals surface area contributed by atoms with Crippen LogP contribution in [0.4, 0.5) is 4.39 Å². The van der Waals surface area contributed by atoms with Gasteiger partial charge in [-0.1, -0.05) is 12.1 Å². The van der Waals surface area contributed by atoms with Gasteiger partial charge in [0.1, 0.15) is 16.4 Å². The number of halogens is 1. The van der Waals surface area contributed by atoms with Gasteiger partial charge in [-0.05, 0) is 55.7 Å². The van der Waals surface area contributed by atoms with E-state index in [0.717, 1.165) is 16.5 Å². The van der Waals surface area contributed by atoms with Gasteiger partial charge in [-0.15, -0.1) is 11.3 Å². The van der Waals surface area contributed by atoms with Gasteiger partial charge in [0.2, 0.25) is 5.78 Å². The minimum absolute atomic E-state index is 0.148. The first-order valence-electron chi connectivity index (χ1n) is 8.72. The molecule has 1 heterocycles. The number of carbonyl (C=O) groups excluding carboxylic acids is 1. The van der Waals surface area contributed by atoms with Crippen LogP contribution in [-0.4, -0.2) is 23.5 Å². The van der Waals surface area contributed by atoms with Gasteiger partial charge >= 0.3 is 5.97 Å². The Morgan fingerprint density at radius 1 is 1.00 bits per heavy atom. The number of aliphatic carboxylic acids is 1. The molecule has 6 heteroatoms. The van der Waals surface area contributed by atoms with E-state index in [1.807, 2.05) is 24.3 Å². The highest BCUT2D eigenvalue weighted by atomic mass is 32.1. The number of hydrogen-bond donors (Lipinski definition) is 1. The minimum Gasteiger partial charge on any atom is -0.491 e. The smallest absolute Gasteiger partial charge is 0.303 e. The Morgan fingerprint density at radius 2 is 1.74 bits per heavy atom. The van der Waals surface area contributed by atoms with Crippen molar-refractivity contribution in [1.82, 2.24) is 0 Å². The first-order chi connectivity index (χ1) is 13.1. The average molecular weight is 386 g/mol. The molecule has 0 fully saturated rings. The third kappa shape index (κ3) is 4.71. The summed E-state index contributed by atoms with van der Waals surface area (Å²) in [5, 5.41) is 9.54. The second kappa shape index (κ2) is 8.77. The molecule has 0 radical (unpaired) electrons. The monoisotopic (exact) mass is 386 g/mol. The van der Waals surface area contributed by atoms with E-state index in [9.17, 15) is 14.0 Å². The molecule has 0 aliphatic heterocycles. The van der Waals surface area contributed by atoms with Crippen molar-refractivity contribution in [2.45, 2.75) is 25.7 Å². The number of thiophene rings is 1. The van der Waals surface area contributed by atoms with Crippen LogP contribution in [0.25, 0.3) is 10.1 Å². The van der Waals surface area contributed by atoms with E-state index in [1.165, 1.54) is 35.6 Å². The maximum atomic E-state index is 13.1. The van der Waals surface area contributed by atoms with Crippen molar-refractivity contribution in [3.63, 3.8) is 0 Å². The van der Waals surface area contributed by atoms with E-state index in [2.05, 4.69) is 0 Å². The molecule has 1 N–H and O–H groups in total. The maximum absolute atomic E-state index is 13.1. The topological polar surface area (TPSA) is 63.6 Å². The Kier molecular flexibility index (Phi) is 6.19. The number of carboxylic acids is 1. The van der Waals surface area contributed by atoms with Crippen LogP contribution >= 0.6 is 11.3 Å². The van der Waals surface area contributed by atoms with Gasteiger partial charge in [-0.25, -0.2) is 4.39 Å². The molecule has 3 aromatic rings. The van der Waals surface area contributed by atoms with E-state index >= 15 is 0 Å². The lowest BCUT2D eigenvalue weighted by Crippen LogP contribution is -2.04. The summed E-state index contributed by atoms with van der Waals surface area (Å²) >= 11 is 1.36. The van der Waals surface area contributed by atoms with Crippen LogP contribution in [0.3, 0.4) is 0 Å². The Hall–Kier alpha value is -2.73. The molecular formula is C21H19FO4S. The number of ether oxygens (including phenoxy) is 1. The van der Waals surface area contributed by atoms with Gasteiger partial charge in [0, 0.05) is 22.1 Å². The van der Waals surface area contributed by atoms with Crippen molar-refractivity contribution in [2.75, 3.05) is 6.61 Å². The molecule has 1 aromatic heterocycles. The quantitative estimate of drug-likeness (QED) is 0.401. The van der Waals surface area contributed by atoms with Crippen LogP contribution in [0, 0.1) is 5.82 Å². The van der Waals surface area contributed by atoms with Crippen molar-refractivity contribution >= 4 is 33.2 Å². The molecule has 27 heavy (non-hydrogen) atoms. The molecule has 0 unspecified atom stereocenters. The predicted octanol–water partition coefficient (Wildman–Crippen LogP) is 5.30. The average Bonchev–Trinajstić information content (AvgIpc) is 3.03. The van der Waals surface area contributed by atoms with Crippen molar-refractivity contribution in [3.05, 3.63) is 64.8 Å². The van der Waals surface area contributed by atoms with Gasteiger partial charge in [0.15, 0.2) is 0 Å². The largest absolute Gasteiger partial charge is 0.491 e. The summed E-state index contributed by atoms with van der Waals surface area (Å²) in [5.74, 6) is -0.840. The standard InChI is InChI=1S/C21H19FO4S/c22-15-11-9-14(10-12-15)19(25)21-20(16-6-3-4-7-17(16)27-21)26-13-5-1-2-8-18(23)24/h3-4,6-7,9-12H,1-2,5,8,13H2,(H,23,24). The summed E-state index contributed by atoms with van der Waals surface area (Å²) in [7, 11) is 0. The zero-order valence-electron chi connectivity index (χ0n) is 14.6. The summed E-state index contributed by atoms with van der Waals surface area (Å²) in [6, 6.07) is 13.1. The van der Waals surface area contributed by atoms with Crippen LogP contribution in [0.2, 0.25) is 0 Å². The van der Waals surface area contributed by atoms with E-state index in [1.54, 1.807) is 0 Å². The Balaban J connectivity index is 1.78. The number of ketones is 1. The number of fused-ring (bicyclic) bond motifs is 1. The molecule has 0 amide bonds. The van der Waals surface area contributed by atoms with E-state index in [4.69, 9.17) is 9.84 Å². The SMILES string of the molecule is O=C(O)CCCCCOc1c(C(=O)c2ccc(F)cc2)sc2ccccc12. The molecule has 0 saturated heterocycles. The fraction of sp³-hybridized carbons (Fsp3) is 0.238. The predicted molar refractivity (Wildman–Crippen MR) is 103 cm³/mol. The number of benzene rings is 2. The van der Waals surface area contributed by atoms with Gasteiger partial charge in [-0.2, -0.15) is 0 Å². The summed E-state index contributed by atoms with van der Waals surface area (Å²) in [6.07, 6.45) is 2.21. The Morgan fingerprint density at radius 3 is 2.48 bits per heavy atom. The van der Waals surface area contributed by atoms with Crippen LogP contribution in [0.15, 0.2) is 48.5 Å². The normalized spacial score (nSPS) is 10.9. The van der Waals surface area contributed by atoms with Gasteiger partial charge in [0.05, 0.1) is 6.61 Å². The van der Waals surface area contributed by atoms with Gasteiger partial charge in [-0.3, -0.25) is 9.59 Å². The molecular weight excluding hydrogens is 367 g/mol. The van der Waals surface area contributed by atoms with Crippen molar-refractivity contribution in [1.29, 1.82) is 0 Å². The summed E-state index contributed by atoms with van der Waals surface area (Å²) in [6.45, 7) is 0.407. The molecule has 140 valence electrons. The van der Waals surface area contributed by atoms with Crippen LogP contribution < -0.4 is 4.74 Å². The van der Waals surface area contributed by atoms with Gasteiger partial charge < -0.3 is 9.84 Å². The third-order valence-corrected chi connectivity index (χ3v) is 5.29. The molecule has 4 nitrogen and oxygen atoms in total. The highest BCUT2D eigenvalue weighted by Crippen LogP contribution is 2.39. The number of unbranched alkanes of at least 4 members (excludes halogenated alkanes) is 2. The summed E-state index contributed by atoms with van der Waals surface area (Å²) in [4.78, 5) is 23.9. The van der Waals surface area contributed by atoms with Gasteiger partial charge in [0.25, 0.3) is 0 Å². The van der Waals surface area contributed by atoms with Crippen molar-refractivity contribution in [3.8, 4) is 5.75 Å². The number of carboxylic acid groups (broad SMARTS) is 1. The fourth-order valence-electron chi connectivity index (χ4n) is 2.78. The number of hydrogen-bond acceptors (Lipinski definition) is 4. The van der Waals surface area contributed by atoms with E-state index in [-0.39, 0.29) is 18.0 Å². The zero-order chi connectivity index (χ0) is 19.2. The molecule has 3 rings (SSSR count). The second-order valence-electron chi connectivity index (χ2n) is 6.15. The van der Waals surface area contributed by atoms with Crippen LogP contribution in [-0.2, 0) is 4.79 Å². The molecule has 0 spiro atoms. The van der Waals surface area contributed by atoms with Crippen molar-refractivity contribution in [2.24, 2.45) is 0 Å². The second-order valence-corrected chi connectivity index (χ2v) is 7.20. The molecule has 0 saturated carbocycles. The number of carbonyl (C=O) groups is 2. The summed E-state index contributed by atoms with van der Waals surface area (Å²) < 4.78 is 20.0. The fourth-order valence-corrected chi connectivity index (χ4v) is 3.89. The highest BCUT2D eigenvalue weighted by molar-refractivity contribution is 7.21. The zero-order valence-corrected chi connectivity index (χ0v) is 15.4. The number of rotatable bonds is 9. The van der Waals surface area contributed by atoms with Crippen LogP contribution in [0.5, 0.6) is 5.75 Å². The Bertz CT molecular complexity index is 946. The maximum Gasteiger partial charge on any atom is 0.303 e. The van der Waals surface area contributed by atoms with Crippen molar-refractivity contribution < 1.29 is 23.8 Å². The minimum atomic E-state index is -0.799. The molecule has 2 aromatic carbocycles. The lowest BCUT2D eigenvalue weighted by molar-refractivity contribution is -0.137. The molecule has 0 aliphatic rings. The summed E-state index contributed by atoms with van der Waals surface area (Å²) in [5.41, 5.74) is 0.411. The molecule has 0 atom stereocenters. The lowest BCUT2D eigenvalue weighted by Gasteiger charge is -2.08. The van der Waals surface area contributed by atoms with E-state index in [0.29, 0.717) is 35.6 Å². The van der Waals surface area contributed by atoms with E-state index < -0.39 is 5.97 Å². The first-order valence-corrected chi connectivity index (χ1v) is 9.54. The highest BCUT2D eigenvalue weighted by Gasteiger charge is 2.21. The third-order valence-electron chi connectivity index (χ3n) is 4.14. The Labute approximate surface area is 160 Å². The lowest BCUT2D eigenvalue weighted by atomic mass is 10.1. The molecule has 0 aliphatic carbocycles. The van der Waals surface area contributed by atoms with Crippen LogP contribution in [0.1, 0.15) is 40.9 Å². The first kappa shape index (κ1) is 19.0. The molecule has 0 bridgehead atoms.